The second-order valence-electron chi connectivity index (χ2n) is 5.14. The molecule has 0 saturated heterocycles. The van der Waals surface area contributed by atoms with Crippen LogP contribution in [-0.2, 0) is 12.7 Å². The van der Waals surface area contributed by atoms with Crippen LogP contribution in [-0.4, -0.2) is 18.6 Å². The van der Waals surface area contributed by atoms with Crippen LogP contribution in [0.15, 0.2) is 22.7 Å². The predicted octanol–water partition coefficient (Wildman–Crippen LogP) is 3.94. The third-order valence-corrected chi connectivity index (χ3v) is 3.34. The monoisotopic (exact) mass is 352 g/mol. The number of alkyl halides is 3. The number of benzene rings is 1. The molecular formula is C14H20BrF3N2. The van der Waals surface area contributed by atoms with Crippen molar-refractivity contribution < 1.29 is 13.2 Å². The molecule has 0 amide bonds. The average Bonchev–Trinajstić information content (AvgIpc) is 2.33. The highest BCUT2D eigenvalue weighted by Crippen LogP contribution is 2.33. The number of halogens is 4. The first-order valence-corrected chi connectivity index (χ1v) is 7.32. The average molecular weight is 353 g/mol. The van der Waals surface area contributed by atoms with Gasteiger partial charge in [-0.05, 0) is 24.6 Å². The Kier molecular flexibility index (Phi) is 6.48. The number of nitrogens with one attached hydrogen (secondary N) is 2. The molecule has 1 unspecified atom stereocenters. The second-order valence-corrected chi connectivity index (χ2v) is 6.06. The Morgan fingerprint density at radius 3 is 2.35 bits per heavy atom. The van der Waals surface area contributed by atoms with E-state index in [1.165, 1.54) is 6.07 Å². The summed E-state index contributed by atoms with van der Waals surface area (Å²) in [4.78, 5) is 0. The molecule has 1 aromatic rings. The van der Waals surface area contributed by atoms with Crippen molar-refractivity contribution in [1.82, 2.24) is 10.6 Å². The standard InChI is InChI=1S/C14H20BrF3N2/c1-9(2)19-7-10(3)20-8-11-4-5-12(15)6-13(11)14(16,17)18/h4-6,9-10,19-20H,7-8H2,1-3H3. The summed E-state index contributed by atoms with van der Waals surface area (Å²) in [6, 6.07) is 4.71. The van der Waals surface area contributed by atoms with Gasteiger partial charge in [0.1, 0.15) is 0 Å². The highest BCUT2D eigenvalue weighted by atomic mass is 79.9. The first-order valence-electron chi connectivity index (χ1n) is 6.52. The summed E-state index contributed by atoms with van der Waals surface area (Å²) in [5.74, 6) is 0. The normalized spacial score (nSPS) is 13.8. The molecule has 0 spiro atoms. The van der Waals surface area contributed by atoms with Gasteiger partial charge < -0.3 is 10.6 Å². The van der Waals surface area contributed by atoms with Crippen molar-refractivity contribution >= 4 is 15.9 Å². The molecule has 1 rings (SSSR count). The van der Waals surface area contributed by atoms with Gasteiger partial charge >= 0.3 is 6.18 Å². The Morgan fingerprint density at radius 2 is 1.80 bits per heavy atom. The quantitative estimate of drug-likeness (QED) is 0.810. The summed E-state index contributed by atoms with van der Waals surface area (Å²) < 4.78 is 39.3. The maximum Gasteiger partial charge on any atom is 0.416 e. The van der Waals surface area contributed by atoms with E-state index >= 15 is 0 Å². The Balaban J connectivity index is 2.68. The van der Waals surface area contributed by atoms with E-state index in [0.717, 1.165) is 12.6 Å². The summed E-state index contributed by atoms with van der Waals surface area (Å²) in [6.07, 6.45) is -4.33. The Hall–Kier alpha value is -0.590. The second kappa shape index (κ2) is 7.43. The minimum absolute atomic E-state index is 0.0992. The number of rotatable bonds is 6. The molecule has 0 fully saturated rings. The molecule has 0 aliphatic rings. The molecule has 0 aliphatic heterocycles. The predicted molar refractivity (Wildman–Crippen MR) is 78.6 cm³/mol. The lowest BCUT2D eigenvalue weighted by Gasteiger charge is -2.19. The van der Waals surface area contributed by atoms with Crippen LogP contribution in [0.4, 0.5) is 13.2 Å². The molecule has 0 heterocycles. The van der Waals surface area contributed by atoms with Crippen molar-refractivity contribution in [3.63, 3.8) is 0 Å². The summed E-state index contributed by atoms with van der Waals surface area (Å²) in [5.41, 5.74) is -0.333. The van der Waals surface area contributed by atoms with E-state index in [4.69, 9.17) is 0 Å². The van der Waals surface area contributed by atoms with Crippen molar-refractivity contribution in [3.8, 4) is 0 Å². The molecule has 0 radical (unpaired) electrons. The van der Waals surface area contributed by atoms with Gasteiger partial charge in [-0.1, -0.05) is 35.8 Å². The summed E-state index contributed by atoms with van der Waals surface area (Å²) in [5, 5.41) is 6.35. The molecule has 0 aromatic heterocycles. The fourth-order valence-corrected chi connectivity index (χ4v) is 2.10. The van der Waals surface area contributed by atoms with Gasteiger partial charge in [-0.2, -0.15) is 13.2 Å². The third-order valence-electron chi connectivity index (χ3n) is 2.85. The van der Waals surface area contributed by atoms with Crippen molar-refractivity contribution in [2.75, 3.05) is 6.54 Å². The van der Waals surface area contributed by atoms with Crippen molar-refractivity contribution in [3.05, 3.63) is 33.8 Å². The van der Waals surface area contributed by atoms with Crippen LogP contribution in [0.3, 0.4) is 0 Å². The van der Waals surface area contributed by atoms with Gasteiger partial charge in [-0.3, -0.25) is 0 Å². The van der Waals surface area contributed by atoms with Crippen LogP contribution >= 0.6 is 15.9 Å². The fourth-order valence-electron chi connectivity index (χ4n) is 1.74. The highest BCUT2D eigenvalue weighted by Gasteiger charge is 2.33. The molecular weight excluding hydrogens is 333 g/mol. The third kappa shape index (κ3) is 5.81. The largest absolute Gasteiger partial charge is 0.416 e. The molecule has 6 heteroatoms. The SMILES string of the molecule is CC(C)NCC(C)NCc1ccc(Br)cc1C(F)(F)F. The Bertz CT molecular complexity index is 433. The summed E-state index contributed by atoms with van der Waals surface area (Å²) in [6.45, 7) is 6.92. The van der Waals surface area contributed by atoms with E-state index in [2.05, 4.69) is 26.6 Å². The smallest absolute Gasteiger partial charge is 0.313 e. The lowest BCUT2D eigenvalue weighted by Crippen LogP contribution is -2.38. The van der Waals surface area contributed by atoms with E-state index in [9.17, 15) is 13.2 Å². The van der Waals surface area contributed by atoms with E-state index in [0.29, 0.717) is 10.5 Å². The van der Waals surface area contributed by atoms with Gasteiger partial charge in [-0.15, -0.1) is 0 Å². The first kappa shape index (κ1) is 17.5. The molecule has 2 nitrogen and oxygen atoms in total. The molecule has 0 bridgehead atoms. The van der Waals surface area contributed by atoms with E-state index in [1.54, 1.807) is 6.07 Å². The Morgan fingerprint density at radius 1 is 1.15 bits per heavy atom. The zero-order valence-corrected chi connectivity index (χ0v) is 13.4. The molecule has 2 N–H and O–H groups in total. The molecule has 20 heavy (non-hydrogen) atoms. The number of hydrogen-bond donors (Lipinski definition) is 2. The minimum Gasteiger partial charge on any atom is -0.313 e. The Labute approximate surface area is 126 Å². The van der Waals surface area contributed by atoms with Gasteiger partial charge in [-0.25, -0.2) is 0 Å². The first-order chi connectivity index (χ1) is 9.20. The molecule has 0 saturated carbocycles. The van der Waals surface area contributed by atoms with Gasteiger partial charge in [0.05, 0.1) is 5.56 Å². The summed E-state index contributed by atoms with van der Waals surface area (Å²) >= 11 is 3.08. The molecule has 0 aliphatic carbocycles. The van der Waals surface area contributed by atoms with E-state index in [1.807, 2.05) is 20.8 Å². The van der Waals surface area contributed by atoms with Crippen LogP contribution in [0.1, 0.15) is 31.9 Å². The van der Waals surface area contributed by atoms with Crippen molar-refractivity contribution in [2.45, 2.75) is 45.6 Å². The number of hydrogen-bond acceptors (Lipinski definition) is 2. The lowest BCUT2D eigenvalue weighted by molar-refractivity contribution is -0.138. The highest BCUT2D eigenvalue weighted by molar-refractivity contribution is 9.10. The maximum atomic E-state index is 12.9. The molecule has 1 atom stereocenters. The molecule has 114 valence electrons. The van der Waals surface area contributed by atoms with Gasteiger partial charge in [0.15, 0.2) is 0 Å². The fraction of sp³-hybridized carbons (Fsp3) is 0.571. The van der Waals surface area contributed by atoms with Gasteiger partial charge in [0.25, 0.3) is 0 Å². The maximum absolute atomic E-state index is 12.9. The lowest BCUT2D eigenvalue weighted by atomic mass is 10.1. The van der Waals surface area contributed by atoms with Gasteiger partial charge in [0, 0.05) is 29.6 Å². The summed E-state index contributed by atoms with van der Waals surface area (Å²) in [7, 11) is 0. The van der Waals surface area contributed by atoms with Crippen LogP contribution in [0, 0.1) is 0 Å². The van der Waals surface area contributed by atoms with E-state index in [-0.39, 0.29) is 18.2 Å². The van der Waals surface area contributed by atoms with Crippen LogP contribution in [0.5, 0.6) is 0 Å². The zero-order valence-electron chi connectivity index (χ0n) is 11.8. The topological polar surface area (TPSA) is 24.1 Å². The van der Waals surface area contributed by atoms with Crippen LogP contribution < -0.4 is 10.6 Å². The van der Waals surface area contributed by atoms with Gasteiger partial charge in [0.2, 0.25) is 0 Å². The van der Waals surface area contributed by atoms with E-state index < -0.39 is 11.7 Å². The zero-order chi connectivity index (χ0) is 15.3. The molecule has 1 aromatic carbocycles. The van der Waals surface area contributed by atoms with Crippen LogP contribution in [0.2, 0.25) is 0 Å². The van der Waals surface area contributed by atoms with Crippen molar-refractivity contribution in [1.29, 1.82) is 0 Å². The van der Waals surface area contributed by atoms with Crippen LogP contribution in [0.25, 0.3) is 0 Å². The van der Waals surface area contributed by atoms with Crippen molar-refractivity contribution in [2.24, 2.45) is 0 Å². The minimum atomic E-state index is -4.33.